The van der Waals surface area contributed by atoms with Gasteiger partial charge in [0.2, 0.25) is 0 Å². The summed E-state index contributed by atoms with van der Waals surface area (Å²) in [5.74, 6) is -0.625. The summed E-state index contributed by atoms with van der Waals surface area (Å²) in [6.07, 6.45) is -0.0192. The van der Waals surface area contributed by atoms with E-state index < -0.39 is 5.95 Å². The summed E-state index contributed by atoms with van der Waals surface area (Å²) < 4.78 is 18.7. The number of rotatable bonds is 2. The van der Waals surface area contributed by atoms with E-state index in [1.807, 2.05) is 6.92 Å². The summed E-state index contributed by atoms with van der Waals surface area (Å²) in [5.41, 5.74) is 0.0552. The van der Waals surface area contributed by atoms with E-state index in [4.69, 9.17) is 10.00 Å². The Hall–Kier alpha value is -1.38. The fourth-order valence-electron chi connectivity index (χ4n) is 1.33. The summed E-state index contributed by atoms with van der Waals surface area (Å²) in [6.45, 7) is 2.67. The van der Waals surface area contributed by atoms with Crippen molar-refractivity contribution in [1.82, 2.24) is 10.3 Å². The van der Waals surface area contributed by atoms with Crippen LogP contribution in [0, 0.1) is 17.3 Å². The molecule has 86 valence electrons. The molecule has 0 saturated carbocycles. The van der Waals surface area contributed by atoms with E-state index in [0.29, 0.717) is 6.54 Å². The fourth-order valence-corrected chi connectivity index (χ4v) is 1.33. The van der Waals surface area contributed by atoms with Gasteiger partial charge in [-0.3, -0.25) is 0 Å². The fraction of sp³-hybridized carbons (Fsp3) is 0.400. The topological polar surface area (TPSA) is 57.9 Å². The maximum absolute atomic E-state index is 13.3. The largest absolute Gasteiger partial charge is 0.483 e. The van der Waals surface area contributed by atoms with Crippen LogP contribution in [0.25, 0.3) is 0 Å². The molecule has 2 heterocycles. The number of halogens is 2. The van der Waals surface area contributed by atoms with Crippen LogP contribution in [0.2, 0.25) is 0 Å². The first-order chi connectivity index (χ1) is 7.20. The standard InChI is InChI=1S/C10H10FN3O.ClH/c1-6-9(5-13-6)15-8-3-2-7(4-12)14-10(8)11;/h2-3,6,9,13H,5H2,1H3;1H/t6-,9+;/m1./s1. The normalized spacial score (nSPS) is 22.6. The first kappa shape index (κ1) is 12.7. The molecule has 0 aliphatic carbocycles. The van der Waals surface area contributed by atoms with Crippen LogP contribution in [0.3, 0.4) is 0 Å². The SMILES string of the molecule is C[C@H]1NC[C@@H]1Oc1ccc(C#N)nc1F.Cl. The number of nitrogens with one attached hydrogen (secondary N) is 1. The van der Waals surface area contributed by atoms with Crippen LogP contribution in [0.15, 0.2) is 12.1 Å². The summed E-state index contributed by atoms with van der Waals surface area (Å²) in [4.78, 5) is 3.45. The number of pyridine rings is 1. The Kier molecular flexibility index (Phi) is 4.05. The molecule has 6 heteroatoms. The summed E-state index contributed by atoms with van der Waals surface area (Å²) in [6, 6.07) is 4.86. The van der Waals surface area contributed by atoms with E-state index in [2.05, 4.69) is 10.3 Å². The molecule has 16 heavy (non-hydrogen) atoms. The van der Waals surface area contributed by atoms with Gasteiger partial charge in [0.15, 0.2) is 5.75 Å². The van der Waals surface area contributed by atoms with Crippen molar-refractivity contribution in [2.24, 2.45) is 0 Å². The molecular weight excluding hydrogens is 233 g/mol. The Morgan fingerprint density at radius 3 is 2.81 bits per heavy atom. The van der Waals surface area contributed by atoms with Gasteiger partial charge in [0, 0.05) is 12.6 Å². The van der Waals surface area contributed by atoms with Crippen molar-refractivity contribution in [2.75, 3.05) is 6.54 Å². The third-order valence-corrected chi connectivity index (χ3v) is 2.41. The maximum atomic E-state index is 13.3. The molecule has 1 fully saturated rings. The second-order valence-corrected chi connectivity index (χ2v) is 3.45. The third kappa shape index (κ3) is 2.40. The lowest BCUT2D eigenvalue weighted by molar-refractivity contribution is 0.0885. The molecule has 1 saturated heterocycles. The summed E-state index contributed by atoms with van der Waals surface area (Å²) in [5, 5.41) is 11.6. The Labute approximate surface area is 98.8 Å². The molecule has 2 rings (SSSR count). The maximum Gasteiger partial charge on any atom is 0.256 e. The highest BCUT2D eigenvalue weighted by Gasteiger charge is 2.28. The van der Waals surface area contributed by atoms with E-state index in [9.17, 15) is 4.39 Å². The van der Waals surface area contributed by atoms with Crippen molar-refractivity contribution in [3.8, 4) is 11.8 Å². The van der Waals surface area contributed by atoms with Gasteiger partial charge in [-0.2, -0.15) is 9.65 Å². The molecule has 1 aromatic rings. The number of aromatic nitrogens is 1. The smallest absolute Gasteiger partial charge is 0.256 e. The van der Waals surface area contributed by atoms with Gasteiger partial charge in [-0.05, 0) is 19.1 Å². The molecule has 0 amide bonds. The van der Waals surface area contributed by atoms with Crippen molar-refractivity contribution in [1.29, 1.82) is 5.26 Å². The van der Waals surface area contributed by atoms with Gasteiger partial charge in [-0.1, -0.05) is 0 Å². The van der Waals surface area contributed by atoms with Gasteiger partial charge in [0.25, 0.3) is 5.95 Å². The van der Waals surface area contributed by atoms with Gasteiger partial charge in [0.1, 0.15) is 17.9 Å². The molecule has 0 bridgehead atoms. The van der Waals surface area contributed by atoms with Gasteiger partial charge >= 0.3 is 0 Å². The number of hydrogen-bond donors (Lipinski definition) is 1. The van der Waals surface area contributed by atoms with E-state index in [0.717, 1.165) is 0 Å². The van der Waals surface area contributed by atoms with Gasteiger partial charge < -0.3 is 10.1 Å². The van der Waals surface area contributed by atoms with Crippen LogP contribution >= 0.6 is 12.4 Å². The molecule has 0 aromatic carbocycles. The second-order valence-electron chi connectivity index (χ2n) is 3.45. The van der Waals surface area contributed by atoms with E-state index in [1.54, 1.807) is 6.07 Å². The van der Waals surface area contributed by atoms with E-state index in [1.165, 1.54) is 12.1 Å². The molecule has 2 atom stereocenters. The van der Waals surface area contributed by atoms with Gasteiger partial charge in [-0.25, -0.2) is 4.98 Å². The minimum Gasteiger partial charge on any atom is -0.483 e. The van der Waals surface area contributed by atoms with Crippen molar-refractivity contribution in [3.63, 3.8) is 0 Å². The Bertz CT molecular complexity index is 421. The Balaban J connectivity index is 0.00000128. The lowest BCUT2D eigenvalue weighted by Gasteiger charge is -2.35. The molecule has 1 aliphatic heterocycles. The molecule has 0 radical (unpaired) electrons. The van der Waals surface area contributed by atoms with Crippen molar-refractivity contribution < 1.29 is 9.13 Å². The highest BCUT2D eigenvalue weighted by molar-refractivity contribution is 5.85. The molecule has 1 N–H and O–H groups in total. The first-order valence-electron chi connectivity index (χ1n) is 4.67. The minimum atomic E-state index is -0.729. The predicted octanol–water partition coefficient (Wildman–Crippen LogP) is 1.25. The van der Waals surface area contributed by atoms with Gasteiger partial charge in [-0.15, -0.1) is 12.4 Å². The average molecular weight is 244 g/mol. The molecule has 0 unspecified atom stereocenters. The van der Waals surface area contributed by atoms with Crippen LogP contribution in [-0.4, -0.2) is 23.7 Å². The molecular formula is C10H11ClFN3O. The van der Waals surface area contributed by atoms with Crippen LogP contribution in [0.4, 0.5) is 4.39 Å². The zero-order valence-corrected chi connectivity index (χ0v) is 9.42. The number of nitriles is 1. The van der Waals surface area contributed by atoms with Crippen molar-refractivity contribution in [2.45, 2.75) is 19.1 Å². The first-order valence-corrected chi connectivity index (χ1v) is 4.67. The molecule has 0 spiro atoms. The van der Waals surface area contributed by atoms with E-state index in [-0.39, 0.29) is 36.0 Å². The number of hydrogen-bond acceptors (Lipinski definition) is 4. The second kappa shape index (κ2) is 5.10. The predicted molar refractivity (Wildman–Crippen MR) is 58.0 cm³/mol. The van der Waals surface area contributed by atoms with Crippen LogP contribution < -0.4 is 10.1 Å². The van der Waals surface area contributed by atoms with Crippen molar-refractivity contribution >= 4 is 12.4 Å². The summed E-state index contributed by atoms with van der Waals surface area (Å²) >= 11 is 0. The zero-order valence-electron chi connectivity index (χ0n) is 8.61. The monoisotopic (exact) mass is 243 g/mol. The van der Waals surface area contributed by atoms with E-state index >= 15 is 0 Å². The minimum absolute atomic E-state index is 0. The lowest BCUT2D eigenvalue weighted by Crippen LogP contribution is -2.58. The van der Waals surface area contributed by atoms with Crippen LogP contribution in [0.1, 0.15) is 12.6 Å². The highest BCUT2D eigenvalue weighted by Crippen LogP contribution is 2.19. The lowest BCUT2D eigenvalue weighted by atomic mass is 10.1. The quantitative estimate of drug-likeness (QED) is 0.795. The number of ether oxygens (including phenoxy) is 1. The highest BCUT2D eigenvalue weighted by atomic mass is 35.5. The number of nitrogens with zero attached hydrogens (tertiary/aromatic N) is 2. The van der Waals surface area contributed by atoms with Crippen LogP contribution in [0.5, 0.6) is 5.75 Å². The zero-order chi connectivity index (χ0) is 10.8. The molecule has 1 aliphatic rings. The third-order valence-electron chi connectivity index (χ3n) is 2.41. The van der Waals surface area contributed by atoms with Crippen molar-refractivity contribution in [3.05, 3.63) is 23.8 Å². The average Bonchev–Trinajstić information content (AvgIpc) is 2.25. The summed E-state index contributed by atoms with van der Waals surface area (Å²) in [7, 11) is 0. The Morgan fingerprint density at radius 1 is 1.62 bits per heavy atom. The van der Waals surface area contributed by atoms with Gasteiger partial charge in [0.05, 0.1) is 0 Å². The Morgan fingerprint density at radius 2 is 2.38 bits per heavy atom. The molecule has 1 aromatic heterocycles. The van der Waals surface area contributed by atoms with Crippen LogP contribution in [-0.2, 0) is 0 Å². The molecule has 4 nitrogen and oxygen atoms in total.